The molecule has 0 saturated heterocycles. The first-order chi connectivity index (χ1) is 7.18. The molecule has 0 aliphatic rings. The second-order valence-electron chi connectivity index (χ2n) is 2.78. The van der Waals surface area contributed by atoms with Crippen LogP contribution in [0.1, 0.15) is 6.92 Å². The number of esters is 1. The van der Waals surface area contributed by atoms with Crippen molar-refractivity contribution < 1.29 is 9.53 Å². The second kappa shape index (κ2) is 6.69. The van der Waals surface area contributed by atoms with Crippen LogP contribution in [0.25, 0.3) is 0 Å². The molecule has 0 N–H and O–H groups in total. The van der Waals surface area contributed by atoms with E-state index in [2.05, 4.69) is 15.9 Å². The first-order valence-corrected chi connectivity index (χ1v) is 6.05. The smallest absolute Gasteiger partial charge is 0.302 e. The molecule has 15 heavy (non-hydrogen) atoms. The predicted octanol–water partition coefficient (Wildman–Crippen LogP) is 3.58. The Balaban J connectivity index is 2.40. The summed E-state index contributed by atoms with van der Waals surface area (Å²) in [6.45, 7) is 1.68. The van der Waals surface area contributed by atoms with Crippen LogP contribution < -0.4 is 0 Å². The van der Waals surface area contributed by atoms with Crippen molar-refractivity contribution in [3.05, 3.63) is 40.2 Å². The summed E-state index contributed by atoms with van der Waals surface area (Å²) in [6, 6.07) is 9.98. The lowest BCUT2D eigenvalue weighted by atomic mass is 10.4. The average molecular weight is 287 g/mol. The van der Waals surface area contributed by atoms with Crippen LogP contribution in [0.2, 0.25) is 0 Å². The summed E-state index contributed by atoms with van der Waals surface area (Å²) in [5.41, 5.74) is 0. The Bertz CT molecular complexity index is 349. The van der Waals surface area contributed by atoms with Crippen LogP contribution in [0.5, 0.6) is 0 Å². The molecule has 0 fully saturated rings. The maximum Gasteiger partial charge on any atom is 0.302 e. The highest BCUT2D eigenvalue weighted by molar-refractivity contribution is 9.11. The Hall–Kier alpha value is -0.740. The van der Waals surface area contributed by atoms with Gasteiger partial charge in [-0.1, -0.05) is 45.9 Å². The zero-order valence-corrected chi connectivity index (χ0v) is 10.7. The predicted molar refractivity (Wildman–Crippen MR) is 65.9 cm³/mol. The fourth-order valence-corrected chi connectivity index (χ4v) is 1.88. The Morgan fingerprint density at radius 3 is 2.73 bits per heavy atom. The summed E-state index contributed by atoms with van der Waals surface area (Å²) in [6.07, 6.45) is 0. The number of carbonyl (C=O) groups is 1. The third kappa shape index (κ3) is 5.64. The normalized spacial score (nSPS) is 11.2. The van der Waals surface area contributed by atoms with Crippen LogP contribution in [-0.4, -0.2) is 12.6 Å². The molecule has 0 aromatic heterocycles. The first-order valence-electron chi connectivity index (χ1n) is 4.38. The third-order valence-electron chi connectivity index (χ3n) is 1.48. The lowest BCUT2D eigenvalue weighted by molar-refractivity contribution is -0.139. The summed E-state index contributed by atoms with van der Waals surface area (Å²) in [5.74, 6) is -0.273. The standard InChI is InChI=1S/C11H11BrO2S/c1-9(13)14-7-10(12)8-15-11-5-3-2-4-6-11/h2-6,8H,7H2,1H3/b10-8+. The Kier molecular flexibility index (Phi) is 5.50. The lowest BCUT2D eigenvalue weighted by Gasteiger charge is -2.00. The van der Waals surface area contributed by atoms with E-state index in [9.17, 15) is 4.79 Å². The molecule has 0 atom stereocenters. The maximum absolute atomic E-state index is 10.5. The molecule has 0 radical (unpaired) electrons. The van der Waals surface area contributed by atoms with E-state index in [4.69, 9.17) is 4.74 Å². The van der Waals surface area contributed by atoms with Gasteiger partial charge in [0.1, 0.15) is 6.61 Å². The van der Waals surface area contributed by atoms with E-state index >= 15 is 0 Å². The summed E-state index contributed by atoms with van der Waals surface area (Å²) in [5, 5.41) is 1.91. The van der Waals surface area contributed by atoms with Crippen LogP contribution in [0.4, 0.5) is 0 Å². The summed E-state index contributed by atoms with van der Waals surface area (Å²) < 4.78 is 5.68. The second-order valence-corrected chi connectivity index (χ2v) is 4.74. The number of rotatable bonds is 4. The third-order valence-corrected chi connectivity index (χ3v) is 3.19. The van der Waals surface area contributed by atoms with Gasteiger partial charge in [-0.15, -0.1) is 0 Å². The van der Waals surface area contributed by atoms with E-state index in [0.29, 0.717) is 0 Å². The molecule has 0 bridgehead atoms. The highest BCUT2D eigenvalue weighted by Gasteiger charge is 1.96. The van der Waals surface area contributed by atoms with Crippen LogP contribution in [0.3, 0.4) is 0 Å². The lowest BCUT2D eigenvalue weighted by Crippen LogP contribution is -1.99. The van der Waals surface area contributed by atoms with Crippen molar-refractivity contribution in [1.29, 1.82) is 0 Å². The molecule has 0 unspecified atom stereocenters. The molecular weight excluding hydrogens is 276 g/mol. The highest BCUT2D eigenvalue weighted by Crippen LogP contribution is 2.22. The molecule has 0 saturated carbocycles. The Morgan fingerprint density at radius 1 is 1.47 bits per heavy atom. The van der Waals surface area contributed by atoms with Crippen molar-refractivity contribution in [2.45, 2.75) is 11.8 Å². The van der Waals surface area contributed by atoms with Gasteiger partial charge in [0.25, 0.3) is 0 Å². The van der Waals surface area contributed by atoms with E-state index in [1.165, 1.54) is 6.92 Å². The highest BCUT2D eigenvalue weighted by atomic mass is 79.9. The van der Waals surface area contributed by atoms with Crippen molar-refractivity contribution in [3.8, 4) is 0 Å². The topological polar surface area (TPSA) is 26.3 Å². The minimum Gasteiger partial charge on any atom is -0.460 e. The number of benzene rings is 1. The van der Waals surface area contributed by atoms with Crippen molar-refractivity contribution in [3.63, 3.8) is 0 Å². The molecule has 1 aromatic carbocycles. The zero-order valence-electron chi connectivity index (χ0n) is 8.27. The first kappa shape index (κ1) is 12.3. The molecule has 4 heteroatoms. The largest absolute Gasteiger partial charge is 0.460 e. The van der Waals surface area contributed by atoms with E-state index < -0.39 is 0 Å². The van der Waals surface area contributed by atoms with Gasteiger partial charge >= 0.3 is 5.97 Å². The van der Waals surface area contributed by atoms with E-state index in [1.54, 1.807) is 11.8 Å². The fraction of sp³-hybridized carbons (Fsp3) is 0.182. The minimum absolute atomic E-state index is 0.273. The van der Waals surface area contributed by atoms with E-state index in [1.807, 2.05) is 35.7 Å². The summed E-state index contributed by atoms with van der Waals surface area (Å²) >= 11 is 4.91. The SMILES string of the molecule is CC(=O)OC/C(Br)=C\Sc1ccccc1. The van der Waals surface area contributed by atoms with Gasteiger partial charge in [-0.2, -0.15) is 0 Å². The number of halogens is 1. The van der Waals surface area contributed by atoms with Crippen molar-refractivity contribution in [2.24, 2.45) is 0 Å². The van der Waals surface area contributed by atoms with Gasteiger partial charge in [0.05, 0.1) is 0 Å². The monoisotopic (exact) mass is 286 g/mol. The zero-order chi connectivity index (χ0) is 11.1. The van der Waals surface area contributed by atoms with Crippen LogP contribution in [-0.2, 0) is 9.53 Å². The van der Waals surface area contributed by atoms with Gasteiger partial charge in [0, 0.05) is 16.3 Å². The molecule has 0 amide bonds. The van der Waals surface area contributed by atoms with Crippen LogP contribution in [0.15, 0.2) is 45.1 Å². The van der Waals surface area contributed by atoms with Crippen molar-refractivity contribution >= 4 is 33.7 Å². The number of carbonyl (C=O) groups excluding carboxylic acids is 1. The fourth-order valence-electron chi connectivity index (χ4n) is 0.836. The molecule has 0 aliphatic heterocycles. The summed E-state index contributed by atoms with van der Waals surface area (Å²) in [4.78, 5) is 11.7. The summed E-state index contributed by atoms with van der Waals surface area (Å²) in [7, 11) is 0. The Morgan fingerprint density at radius 2 is 2.13 bits per heavy atom. The van der Waals surface area contributed by atoms with Crippen molar-refractivity contribution in [2.75, 3.05) is 6.61 Å². The number of hydrogen-bond donors (Lipinski definition) is 0. The molecule has 0 heterocycles. The van der Waals surface area contributed by atoms with Crippen LogP contribution >= 0.6 is 27.7 Å². The van der Waals surface area contributed by atoms with Gasteiger partial charge in [-0.3, -0.25) is 4.79 Å². The van der Waals surface area contributed by atoms with Crippen LogP contribution in [0, 0.1) is 0 Å². The van der Waals surface area contributed by atoms with Gasteiger partial charge in [-0.25, -0.2) is 0 Å². The number of ether oxygens (including phenoxy) is 1. The van der Waals surface area contributed by atoms with E-state index in [0.717, 1.165) is 9.38 Å². The number of hydrogen-bond acceptors (Lipinski definition) is 3. The molecule has 1 rings (SSSR count). The van der Waals surface area contributed by atoms with Gasteiger partial charge in [0.2, 0.25) is 0 Å². The van der Waals surface area contributed by atoms with Gasteiger partial charge in [-0.05, 0) is 17.5 Å². The van der Waals surface area contributed by atoms with E-state index in [-0.39, 0.29) is 12.6 Å². The molecule has 1 aromatic rings. The molecule has 80 valence electrons. The molecule has 2 nitrogen and oxygen atoms in total. The quantitative estimate of drug-likeness (QED) is 0.625. The molecule has 0 aliphatic carbocycles. The van der Waals surface area contributed by atoms with Gasteiger partial charge in [0.15, 0.2) is 0 Å². The average Bonchev–Trinajstić information content (AvgIpc) is 2.25. The molecular formula is C11H11BrO2S. The number of thioether (sulfide) groups is 1. The molecule has 0 spiro atoms. The minimum atomic E-state index is -0.273. The van der Waals surface area contributed by atoms with Gasteiger partial charge < -0.3 is 4.74 Å². The van der Waals surface area contributed by atoms with Crippen molar-refractivity contribution in [1.82, 2.24) is 0 Å². The Labute approximate surface area is 102 Å². The maximum atomic E-state index is 10.5.